The normalized spacial score (nSPS) is 11.7. The van der Waals surface area contributed by atoms with E-state index >= 15 is 0 Å². The fourth-order valence-corrected chi connectivity index (χ4v) is 0.814. The van der Waals surface area contributed by atoms with E-state index < -0.39 is 10.1 Å². The van der Waals surface area contributed by atoms with Crippen molar-refractivity contribution in [3.8, 4) is 0 Å². The summed E-state index contributed by atoms with van der Waals surface area (Å²) in [5, 5.41) is 3.45. The highest BCUT2D eigenvalue weighted by Crippen LogP contribution is 1.99. The Kier molecular flexibility index (Phi) is 2.25. The standard InChI is InChI=1S/C5H7NO4S/c1-11(7,8)10-4-5-2-3-9-6-5/h2-3H,4H2,1H3. The van der Waals surface area contributed by atoms with Crippen molar-refractivity contribution >= 4 is 10.1 Å². The maximum Gasteiger partial charge on any atom is 0.264 e. The Bertz CT molecular complexity index is 301. The molecular formula is C5H7NO4S. The van der Waals surface area contributed by atoms with Gasteiger partial charge in [-0.2, -0.15) is 8.42 Å². The van der Waals surface area contributed by atoms with Gasteiger partial charge in [0.05, 0.1) is 6.26 Å². The molecule has 6 heteroatoms. The van der Waals surface area contributed by atoms with Crippen LogP contribution in [-0.4, -0.2) is 19.8 Å². The van der Waals surface area contributed by atoms with E-state index in [2.05, 4.69) is 13.9 Å². The largest absolute Gasteiger partial charge is 0.364 e. The molecule has 11 heavy (non-hydrogen) atoms. The van der Waals surface area contributed by atoms with Gasteiger partial charge in [-0.3, -0.25) is 4.18 Å². The van der Waals surface area contributed by atoms with Gasteiger partial charge in [-0.15, -0.1) is 0 Å². The van der Waals surface area contributed by atoms with Crippen LogP contribution in [0.15, 0.2) is 16.9 Å². The van der Waals surface area contributed by atoms with Crippen LogP contribution in [0.5, 0.6) is 0 Å². The summed E-state index contributed by atoms with van der Waals surface area (Å²) in [5.41, 5.74) is 0.454. The Balaban J connectivity index is 2.48. The Morgan fingerprint density at radius 1 is 1.73 bits per heavy atom. The first-order valence-corrected chi connectivity index (χ1v) is 4.63. The third-order valence-corrected chi connectivity index (χ3v) is 1.46. The number of nitrogens with zero attached hydrogens (tertiary/aromatic N) is 1. The molecule has 0 saturated carbocycles. The van der Waals surface area contributed by atoms with Crippen LogP contribution < -0.4 is 0 Å². The molecule has 0 unspecified atom stereocenters. The molecule has 62 valence electrons. The molecule has 0 saturated heterocycles. The number of aromatic nitrogens is 1. The smallest absolute Gasteiger partial charge is 0.264 e. The highest BCUT2D eigenvalue weighted by atomic mass is 32.2. The molecule has 0 amide bonds. The molecule has 0 fully saturated rings. The van der Waals surface area contributed by atoms with Crippen molar-refractivity contribution in [3.05, 3.63) is 18.0 Å². The van der Waals surface area contributed by atoms with Crippen molar-refractivity contribution < 1.29 is 17.1 Å². The van der Waals surface area contributed by atoms with Gasteiger partial charge in [-0.1, -0.05) is 5.16 Å². The molecule has 0 N–H and O–H groups in total. The number of rotatable bonds is 3. The summed E-state index contributed by atoms with van der Waals surface area (Å²) in [5.74, 6) is 0. The predicted molar refractivity (Wildman–Crippen MR) is 36.1 cm³/mol. The van der Waals surface area contributed by atoms with Crippen molar-refractivity contribution in [2.24, 2.45) is 0 Å². The van der Waals surface area contributed by atoms with Crippen LogP contribution in [0, 0.1) is 0 Å². The molecule has 0 aliphatic carbocycles. The lowest BCUT2D eigenvalue weighted by atomic mass is 10.5. The minimum atomic E-state index is -3.38. The number of hydrogen-bond acceptors (Lipinski definition) is 5. The maximum absolute atomic E-state index is 10.4. The van der Waals surface area contributed by atoms with E-state index in [-0.39, 0.29) is 6.61 Å². The van der Waals surface area contributed by atoms with Crippen LogP contribution in [0.3, 0.4) is 0 Å². The SMILES string of the molecule is CS(=O)(=O)OCc1ccon1. The first-order chi connectivity index (χ1) is 5.08. The van der Waals surface area contributed by atoms with Gasteiger partial charge in [0.1, 0.15) is 18.6 Å². The molecule has 0 bridgehead atoms. The molecule has 0 radical (unpaired) electrons. The van der Waals surface area contributed by atoms with Gasteiger partial charge in [0.25, 0.3) is 10.1 Å². The quantitative estimate of drug-likeness (QED) is 0.615. The van der Waals surface area contributed by atoms with Crippen LogP contribution in [-0.2, 0) is 20.9 Å². The lowest BCUT2D eigenvalue weighted by Crippen LogP contribution is -2.02. The van der Waals surface area contributed by atoms with Crippen molar-refractivity contribution in [3.63, 3.8) is 0 Å². The molecule has 1 rings (SSSR count). The summed E-state index contributed by atoms with van der Waals surface area (Å²) in [7, 11) is -3.38. The third-order valence-electron chi connectivity index (χ3n) is 0.912. The monoisotopic (exact) mass is 177 g/mol. The predicted octanol–water partition coefficient (Wildman–Crippen LogP) is 0.151. The first-order valence-electron chi connectivity index (χ1n) is 2.81. The van der Waals surface area contributed by atoms with E-state index in [1.165, 1.54) is 12.3 Å². The molecule has 0 aliphatic heterocycles. The van der Waals surface area contributed by atoms with Crippen LogP contribution in [0.2, 0.25) is 0 Å². The Morgan fingerprint density at radius 3 is 2.91 bits per heavy atom. The second-order valence-electron chi connectivity index (χ2n) is 1.96. The van der Waals surface area contributed by atoms with E-state index in [1.54, 1.807) is 0 Å². The van der Waals surface area contributed by atoms with Crippen molar-refractivity contribution in [2.45, 2.75) is 6.61 Å². The minimum absolute atomic E-state index is 0.0741. The second-order valence-corrected chi connectivity index (χ2v) is 3.60. The highest BCUT2D eigenvalue weighted by Gasteiger charge is 2.03. The van der Waals surface area contributed by atoms with Crippen molar-refractivity contribution in [2.75, 3.05) is 6.26 Å². The molecular weight excluding hydrogens is 170 g/mol. The molecule has 1 aromatic heterocycles. The molecule has 0 aromatic carbocycles. The third kappa shape index (κ3) is 3.15. The van der Waals surface area contributed by atoms with E-state index in [4.69, 9.17) is 0 Å². The Morgan fingerprint density at radius 2 is 2.45 bits per heavy atom. The summed E-state index contributed by atoms with van der Waals surface area (Å²) in [4.78, 5) is 0. The average molecular weight is 177 g/mol. The second kappa shape index (κ2) is 3.02. The van der Waals surface area contributed by atoms with Gasteiger partial charge in [0, 0.05) is 6.07 Å². The van der Waals surface area contributed by atoms with Crippen molar-refractivity contribution in [1.29, 1.82) is 0 Å². The minimum Gasteiger partial charge on any atom is -0.364 e. The van der Waals surface area contributed by atoms with Gasteiger partial charge in [-0.25, -0.2) is 0 Å². The summed E-state index contributed by atoms with van der Waals surface area (Å²) in [6.07, 6.45) is 2.33. The lowest BCUT2D eigenvalue weighted by molar-refractivity contribution is 0.295. The lowest BCUT2D eigenvalue weighted by Gasteiger charge is -1.94. The summed E-state index contributed by atoms with van der Waals surface area (Å²) in [6, 6.07) is 1.53. The molecule has 0 spiro atoms. The van der Waals surface area contributed by atoms with Crippen LogP contribution in [0.4, 0.5) is 0 Å². The number of hydrogen-bond donors (Lipinski definition) is 0. The van der Waals surface area contributed by atoms with Gasteiger partial charge < -0.3 is 4.52 Å². The summed E-state index contributed by atoms with van der Waals surface area (Å²) in [6.45, 7) is -0.0741. The van der Waals surface area contributed by atoms with Crippen molar-refractivity contribution in [1.82, 2.24) is 5.16 Å². The highest BCUT2D eigenvalue weighted by molar-refractivity contribution is 7.85. The van der Waals surface area contributed by atoms with E-state index in [0.717, 1.165) is 6.26 Å². The van der Waals surface area contributed by atoms with Gasteiger partial charge >= 0.3 is 0 Å². The zero-order valence-electron chi connectivity index (χ0n) is 5.85. The molecule has 0 atom stereocenters. The van der Waals surface area contributed by atoms with Gasteiger partial charge in [-0.05, 0) is 0 Å². The average Bonchev–Trinajstić information content (AvgIpc) is 2.32. The van der Waals surface area contributed by atoms with Crippen LogP contribution in [0.1, 0.15) is 5.69 Å². The van der Waals surface area contributed by atoms with Crippen LogP contribution in [0.25, 0.3) is 0 Å². The maximum atomic E-state index is 10.4. The molecule has 1 aromatic rings. The molecule has 0 aliphatic rings. The van der Waals surface area contributed by atoms with E-state index in [9.17, 15) is 8.42 Å². The van der Waals surface area contributed by atoms with Gasteiger partial charge in [0.2, 0.25) is 0 Å². The summed E-state index contributed by atoms with van der Waals surface area (Å²) < 4.78 is 29.8. The fraction of sp³-hybridized carbons (Fsp3) is 0.400. The van der Waals surface area contributed by atoms with E-state index in [0.29, 0.717) is 5.69 Å². The Labute approximate surface area is 64.1 Å². The van der Waals surface area contributed by atoms with Crippen LogP contribution >= 0.6 is 0 Å². The molecule has 5 nitrogen and oxygen atoms in total. The van der Waals surface area contributed by atoms with E-state index in [1.807, 2.05) is 0 Å². The Hall–Kier alpha value is -0.880. The zero-order chi connectivity index (χ0) is 8.32. The molecule has 1 heterocycles. The first kappa shape index (κ1) is 8.22. The zero-order valence-corrected chi connectivity index (χ0v) is 6.67. The summed E-state index contributed by atoms with van der Waals surface area (Å²) >= 11 is 0. The topological polar surface area (TPSA) is 69.4 Å². The van der Waals surface area contributed by atoms with Gasteiger partial charge in [0.15, 0.2) is 0 Å². The fourth-order valence-electron chi connectivity index (χ4n) is 0.479.